The van der Waals surface area contributed by atoms with Crippen LogP contribution in [0, 0.1) is 20.8 Å². The van der Waals surface area contributed by atoms with Gasteiger partial charge in [0.15, 0.2) is 0 Å². The molecule has 0 saturated carbocycles. The van der Waals surface area contributed by atoms with Gasteiger partial charge in [0, 0.05) is 17.5 Å². The molecule has 0 unspecified atom stereocenters. The third kappa shape index (κ3) is 3.67. The highest BCUT2D eigenvalue weighted by molar-refractivity contribution is 5.95. The molecular weight excluding hydrogens is 364 g/mol. The van der Waals surface area contributed by atoms with E-state index in [1.807, 2.05) is 68.0 Å². The van der Waals surface area contributed by atoms with Gasteiger partial charge in [-0.3, -0.25) is 13.9 Å². The number of aromatic nitrogens is 4. The Hall–Kier alpha value is -3.74. The average Bonchev–Trinajstić information content (AvgIpc) is 3.19. The molecule has 0 aliphatic carbocycles. The van der Waals surface area contributed by atoms with Gasteiger partial charge in [0.05, 0.1) is 24.1 Å². The van der Waals surface area contributed by atoms with Crippen molar-refractivity contribution in [3.05, 3.63) is 88.6 Å². The quantitative estimate of drug-likeness (QED) is 0.422. The summed E-state index contributed by atoms with van der Waals surface area (Å²) < 4.78 is 3.71. The first-order valence-electron chi connectivity index (χ1n) is 9.39. The largest absolute Gasteiger partial charge is 0.295 e. The van der Waals surface area contributed by atoms with Gasteiger partial charge in [-0.2, -0.15) is 10.2 Å². The first-order chi connectivity index (χ1) is 14.0. The van der Waals surface area contributed by atoms with E-state index in [0.29, 0.717) is 17.9 Å². The number of aryl methyl sites for hydroxylation is 2. The summed E-state index contributed by atoms with van der Waals surface area (Å²) in [6.45, 7) is 6.44. The predicted molar refractivity (Wildman–Crippen MR) is 112 cm³/mol. The number of benzene rings is 1. The summed E-state index contributed by atoms with van der Waals surface area (Å²) in [6, 6.07) is 15.8. The molecule has 29 heavy (non-hydrogen) atoms. The van der Waals surface area contributed by atoms with Crippen molar-refractivity contribution in [2.24, 2.45) is 5.10 Å². The molecule has 0 radical (unpaired) electrons. The van der Waals surface area contributed by atoms with Crippen LogP contribution in [0.15, 0.2) is 59.8 Å². The van der Waals surface area contributed by atoms with E-state index in [2.05, 4.69) is 32.7 Å². The van der Waals surface area contributed by atoms with Crippen LogP contribution in [0.1, 0.15) is 38.7 Å². The number of hydrazone groups is 1. The van der Waals surface area contributed by atoms with Gasteiger partial charge in [0.2, 0.25) is 0 Å². The molecule has 0 fully saturated rings. The van der Waals surface area contributed by atoms with Crippen LogP contribution >= 0.6 is 0 Å². The summed E-state index contributed by atoms with van der Waals surface area (Å²) in [6.07, 6.45) is 3.46. The molecule has 7 nitrogen and oxygen atoms in total. The van der Waals surface area contributed by atoms with E-state index in [0.717, 1.165) is 22.6 Å². The van der Waals surface area contributed by atoms with Crippen molar-refractivity contribution in [3.8, 4) is 0 Å². The van der Waals surface area contributed by atoms with Crippen LogP contribution in [0.3, 0.4) is 0 Å². The Bertz CT molecular complexity index is 1200. The molecule has 1 N–H and O–H groups in total. The highest BCUT2D eigenvalue weighted by Gasteiger charge is 2.16. The fourth-order valence-corrected chi connectivity index (χ4v) is 3.40. The zero-order valence-electron chi connectivity index (χ0n) is 16.6. The summed E-state index contributed by atoms with van der Waals surface area (Å²) in [5.74, 6) is -0.301. The number of fused-ring (bicyclic) bond motifs is 1. The molecule has 0 bridgehead atoms. The first kappa shape index (κ1) is 18.6. The van der Waals surface area contributed by atoms with Gasteiger partial charge < -0.3 is 0 Å². The Labute approximate surface area is 168 Å². The lowest BCUT2D eigenvalue weighted by Crippen LogP contribution is -2.20. The Morgan fingerprint density at radius 2 is 1.83 bits per heavy atom. The van der Waals surface area contributed by atoms with Crippen molar-refractivity contribution in [1.82, 2.24) is 24.6 Å². The maximum Gasteiger partial charge on any atom is 0.290 e. The number of rotatable bonds is 5. The maximum absolute atomic E-state index is 12.6. The van der Waals surface area contributed by atoms with E-state index in [4.69, 9.17) is 0 Å². The highest BCUT2D eigenvalue weighted by atomic mass is 16.2. The number of nitrogens with zero attached hydrogens (tertiary/aromatic N) is 5. The molecule has 4 rings (SSSR count). The van der Waals surface area contributed by atoms with Crippen molar-refractivity contribution in [1.29, 1.82) is 0 Å². The number of carbonyl (C=O) groups is 1. The number of carbonyl (C=O) groups excluding carboxylic acids is 1. The summed E-state index contributed by atoms with van der Waals surface area (Å²) in [4.78, 5) is 17.0. The van der Waals surface area contributed by atoms with E-state index in [1.54, 1.807) is 10.6 Å². The number of imidazole rings is 1. The van der Waals surface area contributed by atoms with Crippen LogP contribution < -0.4 is 5.43 Å². The first-order valence-corrected chi connectivity index (χ1v) is 9.39. The van der Waals surface area contributed by atoms with E-state index in [1.165, 1.54) is 5.56 Å². The lowest BCUT2D eigenvalue weighted by molar-refractivity contribution is 0.0948. The Balaban J connectivity index is 1.52. The standard InChI is InChI=1S/C22H22N6O/c1-15-19(17(3)28(26-15)14-18-9-5-4-6-10-18)13-23-25-22(29)21-16(2)24-20-11-7-8-12-27(20)21/h4-13H,14H2,1-3H3,(H,25,29)/b23-13+. The topological polar surface area (TPSA) is 76.6 Å². The molecule has 0 spiro atoms. The van der Waals surface area contributed by atoms with E-state index in [9.17, 15) is 4.79 Å². The van der Waals surface area contributed by atoms with E-state index in [-0.39, 0.29) is 5.91 Å². The van der Waals surface area contributed by atoms with Gasteiger partial charge in [-0.15, -0.1) is 0 Å². The van der Waals surface area contributed by atoms with E-state index >= 15 is 0 Å². The van der Waals surface area contributed by atoms with Crippen molar-refractivity contribution in [2.45, 2.75) is 27.3 Å². The van der Waals surface area contributed by atoms with Crippen molar-refractivity contribution < 1.29 is 4.79 Å². The molecule has 3 heterocycles. The molecular formula is C22H22N6O. The minimum Gasteiger partial charge on any atom is -0.295 e. The normalized spacial score (nSPS) is 11.4. The number of amides is 1. The Morgan fingerprint density at radius 1 is 1.07 bits per heavy atom. The molecule has 0 atom stereocenters. The van der Waals surface area contributed by atoms with Crippen LogP contribution in [0.4, 0.5) is 0 Å². The van der Waals surface area contributed by atoms with Gasteiger partial charge in [-0.1, -0.05) is 36.4 Å². The van der Waals surface area contributed by atoms with E-state index < -0.39 is 0 Å². The molecule has 1 aromatic carbocycles. The molecule has 0 aliphatic rings. The summed E-state index contributed by atoms with van der Waals surface area (Å²) >= 11 is 0. The SMILES string of the molecule is Cc1nn(Cc2ccccc2)c(C)c1/C=N/NC(=O)c1c(C)nc2ccccn12. The summed E-state index contributed by atoms with van der Waals surface area (Å²) in [5, 5.41) is 8.78. The minimum absolute atomic E-state index is 0.301. The Morgan fingerprint density at radius 3 is 2.62 bits per heavy atom. The molecule has 0 saturated heterocycles. The molecule has 3 aromatic heterocycles. The van der Waals surface area contributed by atoms with Gasteiger partial charge in [0.1, 0.15) is 11.3 Å². The van der Waals surface area contributed by atoms with Crippen LogP contribution in [-0.2, 0) is 6.54 Å². The van der Waals surface area contributed by atoms with Gasteiger partial charge in [0.25, 0.3) is 5.91 Å². The van der Waals surface area contributed by atoms with Gasteiger partial charge in [-0.05, 0) is 38.5 Å². The van der Waals surface area contributed by atoms with Gasteiger partial charge in [-0.25, -0.2) is 10.4 Å². The summed E-state index contributed by atoms with van der Waals surface area (Å²) in [7, 11) is 0. The van der Waals surface area contributed by atoms with Crippen LogP contribution in [0.2, 0.25) is 0 Å². The van der Waals surface area contributed by atoms with Crippen LogP contribution in [0.25, 0.3) is 5.65 Å². The zero-order valence-corrected chi connectivity index (χ0v) is 16.6. The smallest absolute Gasteiger partial charge is 0.290 e. The summed E-state index contributed by atoms with van der Waals surface area (Å²) in [5.41, 5.74) is 8.42. The fraction of sp³-hybridized carbons (Fsp3) is 0.182. The zero-order chi connectivity index (χ0) is 20.4. The molecule has 1 amide bonds. The number of pyridine rings is 1. The maximum atomic E-state index is 12.6. The fourth-order valence-electron chi connectivity index (χ4n) is 3.40. The third-order valence-electron chi connectivity index (χ3n) is 4.89. The molecule has 4 aromatic rings. The van der Waals surface area contributed by atoms with Crippen molar-refractivity contribution in [2.75, 3.05) is 0 Å². The number of hydrogen-bond donors (Lipinski definition) is 1. The average molecular weight is 386 g/mol. The molecule has 7 heteroatoms. The van der Waals surface area contributed by atoms with Crippen molar-refractivity contribution >= 4 is 17.8 Å². The third-order valence-corrected chi connectivity index (χ3v) is 4.89. The van der Waals surface area contributed by atoms with Crippen molar-refractivity contribution in [3.63, 3.8) is 0 Å². The Kier molecular flexibility index (Phi) is 4.95. The second-order valence-electron chi connectivity index (χ2n) is 6.90. The van der Waals surface area contributed by atoms with Gasteiger partial charge >= 0.3 is 0 Å². The van der Waals surface area contributed by atoms with Crippen LogP contribution in [0.5, 0.6) is 0 Å². The minimum atomic E-state index is -0.301. The lowest BCUT2D eigenvalue weighted by Gasteiger charge is -2.04. The van der Waals surface area contributed by atoms with Crippen LogP contribution in [-0.4, -0.2) is 31.3 Å². The molecule has 0 aliphatic heterocycles. The second kappa shape index (κ2) is 7.71. The number of nitrogens with one attached hydrogen (secondary N) is 1. The number of hydrogen-bond acceptors (Lipinski definition) is 4. The monoisotopic (exact) mass is 386 g/mol. The second-order valence-corrected chi connectivity index (χ2v) is 6.90. The lowest BCUT2D eigenvalue weighted by atomic mass is 10.2. The predicted octanol–water partition coefficient (Wildman–Crippen LogP) is 3.27. The highest BCUT2D eigenvalue weighted by Crippen LogP contribution is 2.14. The molecule has 146 valence electrons.